The van der Waals surface area contributed by atoms with E-state index in [0.29, 0.717) is 19.1 Å². The van der Waals surface area contributed by atoms with Crippen molar-refractivity contribution in [3.8, 4) is 11.5 Å². The van der Waals surface area contributed by atoms with Crippen LogP contribution in [0.15, 0.2) is 53.5 Å². The SMILES string of the molecule is CCC(CN=C(N)NC1CCOc2ccccc21)Oc1ccccc1C. The third kappa shape index (κ3) is 4.48. The van der Waals surface area contributed by atoms with Gasteiger partial charge < -0.3 is 20.5 Å². The van der Waals surface area contributed by atoms with Gasteiger partial charge in [0.1, 0.15) is 17.6 Å². The van der Waals surface area contributed by atoms with E-state index < -0.39 is 0 Å². The van der Waals surface area contributed by atoms with Gasteiger partial charge in [-0.3, -0.25) is 0 Å². The monoisotopic (exact) mass is 353 g/mol. The van der Waals surface area contributed by atoms with Crippen molar-refractivity contribution in [3.63, 3.8) is 0 Å². The van der Waals surface area contributed by atoms with Crippen LogP contribution in [0.4, 0.5) is 0 Å². The van der Waals surface area contributed by atoms with Gasteiger partial charge in [-0.25, -0.2) is 4.99 Å². The van der Waals surface area contributed by atoms with Crippen molar-refractivity contribution in [2.24, 2.45) is 10.7 Å². The molecule has 5 heteroatoms. The van der Waals surface area contributed by atoms with E-state index >= 15 is 0 Å². The molecule has 2 atom stereocenters. The van der Waals surface area contributed by atoms with Crippen molar-refractivity contribution in [1.29, 1.82) is 0 Å². The lowest BCUT2D eigenvalue weighted by molar-refractivity contribution is 0.204. The number of fused-ring (bicyclic) bond motifs is 1. The maximum absolute atomic E-state index is 6.13. The molecule has 0 aliphatic carbocycles. The summed E-state index contributed by atoms with van der Waals surface area (Å²) in [6.45, 7) is 5.34. The van der Waals surface area contributed by atoms with Crippen LogP contribution in [0.1, 0.15) is 36.9 Å². The average Bonchev–Trinajstić information content (AvgIpc) is 2.67. The Bertz CT molecular complexity index is 760. The van der Waals surface area contributed by atoms with Crippen molar-refractivity contribution in [2.75, 3.05) is 13.2 Å². The number of guanidine groups is 1. The minimum atomic E-state index is -0.00146. The average molecular weight is 353 g/mol. The summed E-state index contributed by atoms with van der Waals surface area (Å²) in [6.07, 6.45) is 1.73. The van der Waals surface area contributed by atoms with Gasteiger partial charge in [-0.1, -0.05) is 43.3 Å². The lowest BCUT2D eigenvalue weighted by Crippen LogP contribution is -2.38. The zero-order valence-electron chi connectivity index (χ0n) is 15.4. The standard InChI is InChI=1S/C21H27N3O2/c1-3-16(26-19-10-6-4-8-15(19)2)14-23-21(22)24-18-12-13-25-20-11-7-5-9-17(18)20/h4-11,16,18H,3,12-14H2,1-2H3,(H3,22,23,24). The molecule has 0 bridgehead atoms. The molecule has 138 valence electrons. The van der Waals surface area contributed by atoms with E-state index in [2.05, 4.69) is 23.3 Å². The Hall–Kier alpha value is -2.69. The first-order valence-electron chi connectivity index (χ1n) is 9.18. The first-order chi connectivity index (χ1) is 12.7. The Labute approximate surface area is 155 Å². The number of nitrogens with zero attached hydrogens (tertiary/aromatic N) is 1. The zero-order chi connectivity index (χ0) is 18.4. The summed E-state index contributed by atoms with van der Waals surface area (Å²) in [7, 11) is 0. The molecule has 2 aromatic rings. The minimum absolute atomic E-state index is 0.00146. The molecule has 0 aromatic heterocycles. The molecule has 3 rings (SSSR count). The van der Waals surface area contributed by atoms with Crippen LogP contribution in [0.25, 0.3) is 0 Å². The molecule has 0 saturated heterocycles. The predicted octanol–water partition coefficient (Wildman–Crippen LogP) is 3.58. The Morgan fingerprint density at radius 2 is 2.04 bits per heavy atom. The van der Waals surface area contributed by atoms with Gasteiger partial charge in [-0.05, 0) is 31.0 Å². The molecule has 0 amide bonds. The smallest absolute Gasteiger partial charge is 0.189 e. The summed E-state index contributed by atoms with van der Waals surface area (Å²) >= 11 is 0. The number of hydrogen-bond donors (Lipinski definition) is 2. The second-order valence-corrected chi connectivity index (χ2v) is 6.51. The summed E-state index contributed by atoms with van der Waals surface area (Å²) in [4.78, 5) is 4.51. The molecule has 0 radical (unpaired) electrons. The van der Waals surface area contributed by atoms with E-state index in [1.165, 1.54) is 0 Å². The molecule has 26 heavy (non-hydrogen) atoms. The van der Waals surface area contributed by atoms with Crippen molar-refractivity contribution >= 4 is 5.96 Å². The van der Waals surface area contributed by atoms with Crippen LogP contribution in [0.2, 0.25) is 0 Å². The van der Waals surface area contributed by atoms with Gasteiger partial charge in [0.2, 0.25) is 0 Å². The molecule has 1 aliphatic heterocycles. The Morgan fingerprint density at radius 3 is 2.85 bits per heavy atom. The molecule has 3 N–H and O–H groups in total. The maximum atomic E-state index is 6.13. The lowest BCUT2D eigenvalue weighted by Gasteiger charge is -2.27. The first kappa shape index (κ1) is 18.1. The van der Waals surface area contributed by atoms with Gasteiger partial charge in [-0.2, -0.15) is 0 Å². The molecule has 1 heterocycles. The number of rotatable bonds is 6. The predicted molar refractivity (Wildman–Crippen MR) is 105 cm³/mol. The van der Waals surface area contributed by atoms with Crippen LogP contribution in [0.3, 0.4) is 0 Å². The molecular weight excluding hydrogens is 326 g/mol. The normalized spacial score (nSPS) is 17.8. The highest BCUT2D eigenvalue weighted by Gasteiger charge is 2.21. The molecule has 2 aromatic carbocycles. The third-order valence-corrected chi connectivity index (χ3v) is 4.59. The van der Waals surface area contributed by atoms with E-state index in [4.69, 9.17) is 15.2 Å². The number of aryl methyl sites for hydroxylation is 1. The van der Waals surface area contributed by atoms with Gasteiger partial charge in [0, 0.05) is 12.0 Å². The molecule has 5 nitrogen and oxygen atoms in total. The Kier molecular flexibility index (Phi) is 6.00. The van der Waals surface area contributed by atoms with Crippen LogP contribution >= 0.6 is 0 Å². The topological polar surface area (TPSA) is 68.9 Å². The van der Waals surface area contributed by atoms with Gasteiger partial charge in [-0.15, -0.1) is 0 Å². The van der Waals surface area contributed by atoms with Gasteiger partial charge in [0.05, 0.1) is 19.2 Å². The number of nitrogens with two attached hydrogens (primary N) is 1. The van der Waals surface area contributed by atoms with Crippen molar-refractivity contribution in [3.05, 3.63) is 59.7 Å². The quantitative estimate of drug-likeness (QED) is 0.615. The van der Waals surface area contributed by atoms with E-state index in [0.717, 1.165) is 35.5 Å². The van der Waals surface area contributed by atoms with E-state index in [1.54, 1.807) is 0 Å². The van der Waals surface area contributed by atoms with Crippen LogP contribution in [-0.2, 0) is 0 Å². The number of nitrogens with one attached hydrogen (secondary N) is 1. The van der Waals surface area contributed by atoms with E-state index in [-0.39, 0.29) is 12.1 Å². The molecule has 0 fully saturated rings. The molecule has 0 spiro atoms. The summed E-state index contributed by atoms with van der Waals surface area (Å²) in [5, 5.41) is 3.32. The summed E-state index contributed by atoms with van der Waals surface area (Å²) < 4.78 is 11.8. The van der Waals surface area contributed by atoms with Crippen molar-refractivity contribution in [1.82, 2.24) is 5.32 Å². The highest BCUT2D eigenvalue weighted by Crippen LogP contribution is 2.31. The number of hydrogen-bond acceptors (Lipinski definition) is 3. The highest BCUT2D eigenvalue weighted by atomic mass is 16.5. The lowest BCUT2D eigenvalue weighted by atomic mass is 10.0. The molecular formula is C21H27N3O2. The van der Waals surface area contributed by atoms with Crippen LogP contribution in [0, 0.1) is 6.92 Å². The summed E-state index contributed by atoms with van der Waals surface area (Å²) in [5.41, 5.74) is 8.38. The number of ether oxygens (including phenoxy) is 2. The van der Waals surface area contributed by atoms with E-state index in [9.17, 15) is 0 Å². The van der Waals surface area contributed by atoms with Crippen molar-refractivity contribution < 1.29 is 9.47 Å². The maximum Gasteiger partial charge on any atom is 0.189 e. The highest BCUT2D eigenvalue weighted by molar-refractivity contribution is 5.78. The second-order valence-electron chi connectivity index (χ2n) is 6.51. The first-order valence-corrected chi connectivity index (χ1v) is 9.18. The second kappa shape index (κ2) is 8.61. The summed E-state index contributed by atoms with van der Waals surface area (Å²) in [5.74, 6) is 2.26. The van der Waals surface area contributed by atoms with Crippen LogP contribution < -0.4 is 20.5 Å². The molecule has 2 unspecified atom stereocenters. The number of para-hydroxylation sites is 2. The van der Waals surface area contributed by atoms with Crippen LogP contribution in [0.5, 0.6) is 11.5 Å². The minimum Gasteiger partial charge on any atom is -0.493 e. The fourth-order valence-electron chi connectivity index (χ4n) is 3.03. The zero-order valence-corrected chi connectivity index (χ0v) is 15.4. The number of aliphatic imine (C=N–C) groups is 1. The van der Waals surface area contributed by atoms with Crippen LogP contribution in [-0.4, -0.2) is 25.2 Å². The van der Waals surface area contributed by atoms with Gasteiger partial charge in [0.15, 0.2) is 5.96 Å². The Balaban J connectivity index is 1.60. The fourth-order valence-corrected chi connectivity index (χ4v) is 3.03. The molecule has 1 aliphatic rings. The largest absolute Gasteiger partial charge is 0.493 e. The van der Waals surface area contributed by atoms with E-state index in [1.807, 2.05) is 49.4 Å². The number of benzene rings is 2. The molecule has 0 saturated carbocycles. The van der Waals surface area contributed by atoms with Crippen molar-refractivity contribution in [2.45, 2.75) is 38.8 Å². The van der Waals surface area contributed by atoms with Gasteiger partial charge in [0.25, 0.3) is 0 Å². The fraction of sp³-hybridized carbons (Fsp3) is 0.381. The Morgan fingerprint density at radius 1 is 1.27 bits per heavy atom. The third-order valence-electron chi connectivity index (χ3n) is 4.59. The summed E-state index contributed by atoms with van der Waals surface area (Å²) in [6, 6.07) is 16.2. The van der Waals surface area contributed by atoms with Gasteiger partial charge >= 0.3 is 0 Å².